The van der Waals surface area contributed by atoms with Crippen LogP contribution in [0.25, 0.3) is 11.0 Å². The average molecular weight is 255 g/mol. The maximum atomic E-state index is 6.36. The van der Waals surface area contributed by atoms with Crippen LogP contribution >= 0.6 is 0 Å². The number of nitrogens with zero attached hydrogens (tertiary/aromatic N) is 2. The number of hydrogen-bond donors (Lipinski definition) is 1. The molecule has 0 radical (unpaired) electrons. The van der Waals surface area contributed by atoms with Crippen molar-refractivity contribution in [2.75, 3.05) is 0 Å². The predicted molar refractivity (Wildman–Crippen MR) is 74.8 cm³/mol. The number of nitrogens with two attached hydrogens (primary N) is 1. The number of hydrogen-bond acceptors (Lipinski definition) is 3. The summed E-state index contributed by atoms with van der Waals surface area (Å²) in [6, 6.07) is 7.67. The maximum absolute atomic E-state index is 6.36. The second kappa shape index (κ2) is 4.90. The van der Waals surface area contributed by atoms with Gasteiger partial charge in [-0.05, 0) is 12.5 Å². The lowest BCUT2D eigenvalue weighted by Gasteiger charge is -2.12. The third-order valence-corrected chi connectivity index (χ3v) is 3.34. The monoisotopic (exact) mass is 255 g/mol. The first-order chi connectivity index (χ1) is 9.31. The van der Waals surface area contributed by atoms with Crippen molar-refractivity contribution in [1.29, 1.82) is 0 Å². The molecule has 2 heterocycles. The van der Waals surface area contributed by atoms with Crippen molar-refractivity contribution < 1.29 is 4.42 Å². The summed E-state index contributed by atoms with van der Waals surface area (Å²) < 4.78 is 7.65. The first-order valence-electron chi connectivity index (χ1n) is 6.54. The quantitative estimate of drug-likeness (QED) is 0.779. The zero-order chi connectivity index (χ0) is 13.2. The van der Waals surface area contributed by atoms with Gasteiger partial charge in [-0.1, -0.05) is 25.1 Å². The molecule has 0 aliphatic rings. The molecule has 0 fully saturated rings. The summed E-state index contributed by atoms with van der Waals surface area (Å²) in [6.07, 6.45) is 6.57. The highest BCUT2D eigenvalue weighted by Crippen LogP contribution is 2.28. The topological polar surface area (TPSA) is 57.0 Å². The fraction of sp³-hybridized carbons (Fsp3) is 0.267. The fourth-order valence-electron chi connectivity index (χ4n) is 2.41. The Bertz CT molecular complexity index is 683. The summed E-state index contributed by atoms with van der Waals surface area (Å²) in [4.78, 5) is 4.39. The minimum Gasteiger partial charge on any atom is -0.464 e. The van der Waals surface area contributed by atoms with E-state index in [-0.39, 0.29) is 6.04 Å². The van der Waals surface area contributed by atoms with E-state index in [4.69, 9.17) is 10.2 Å². The van der Waals surface area contributed by atoms with Crippen molar-refractivity contribution in [3.05, 3.63) is 54.3 Å². The Morgan fingerprint density at radius 3 is 3.05 bits per heavy atom. The van der Waals surface area contributed by atoms with Crippen LogP contribution in [0, 0.1) is 0 Å². The molecule has 98 valence electrons. The average Bonchev–Trinajstić information content (AvgIpc) is 3.04. The smallest absolute Gasteiger partial charge is 0.134 e. The summed E-state index contributed by atoms with van der Waals surface area (Å²) in [7, 11) is 0. The van der Waals surface area contributed by atoms with E-state index in [1.54, 1.807) is 12.5 Å². The molecule has 0 spiro atoms. The van der Waals surface area contributed by atoms with Crippen molar-refractivity contribution in [3.63, 3.8) is 0 Å². The lowest BCUT2D eigenvalue weighted by atomic mass is 10.1. The highest BCUT2D eigenvalue weighted by atomic mass is 16.3. The van der Waals surface area contributed by atoms with Crippen molar-refractivity contribution in [3.8, 4) is 0 Å². The number of imidazole rings is 1. The molecule has 4 heteroatoms. The number of furan rings is 1. The molecule has 3 rings (SSSR count). The molecule has 1 atom stereocenters. The zero-order valence-corrected chi connectivity index (χ0v) is 10.9. The Morgan fingerprint density at radius 2 is 2.21 bits per heavy atom. The first-order valence-corrected chi connectivity index (χ1v) is 6.54. The minimum absolute atomic E-state index is 0.259. The molecule has 0 amide bonds. The molecule has 1 unspecified atom stereocenters. The van der Waals surface area contributed by atoms with Crippen LogP contribution in [-0.4, -0.2) is 9.55 Å². The Labute approximate surface area is 111 Å². The standard InChI is InChI=1S/C15H17N3O/c1-2-8-18-9-7-17-15(18)14(16)12-10-19-13-6-4-3-5-11(12)13/h3-7,9-10,14H,2,8,16H2,1H3. The van der Waals surface area contributed by atoms with E-state index in [0.717, 1.165) is 35.3 Å². The van der Waals surface area contributed by atoms with Crippen LogP contribution in [0.15, 0.2) is 47.3 Å². The largest absolute Gasteiger partial charge is 0.464 e. The van der Waals surface area contributed by atoms with Crippen LogP contribution < -0.4 is 5.73 Å². The van der Waals surface area contributed by atoms with Gasteiger partial charge >= 0.3 is 0 Å². The Kier molecular flexibility index (Phi) is 3.09. The third kappa shape index (κ3) is 2.04. The van der Waals surface area contributed by atoms with Gasteiger partial charge in [0.25, 0.3) is 0 Å². The molecular formula is C15H17N3O. The molecule has 0 saturated carbocycles. The zero-order valence-electron chi connectivity index (χ0n) is 10.9. The molecule has 0 saturated heterocycles. The van der Waals surface area contributed by atoms with Crippen LogP contribution in [0.2, 0.25) is 0 Å². The summed E-state index contributed by atoms with van der Waals surface area (Å²) in [5, 5.41) is 1.06. The van der Waals surface area contributed by atoms with Crippen LogP contribution in [0.4, 0.5) is 0 Å². The van der Waals surface area contributed by atoms with Crippen molar-refractivity contribution >= 4 is 11.0 Å². The highest BCUT2D eigenvalue weighted by Gasteiger charge is 2.18. The van der Waals surface area contributed by atoms with Gasteiger partial charge in [-0.15, -0.1) is 0 Å². The van der Waals surface area contributed by atoms with E-state index >= 15 is 0 Å². The van der Waals surface area contributed by atoms with Crippen molar-refractivity contribution in [2.24, 2.45) is 5.73 Å². The van der Waals surface area contributed by atoms with Gasteiger partial charge in [0, 0.05) is 29.9 Å². The molecule has 0 aliphatic carbocycles. The summed E-state index contributed by atoms with van der Waals surface area (Å²) in [5.74, 6) is 0.883. The van der Waals surface area contributed by atoms with E-state index in [0.29, 0.717) is 0 Å². The SMILES string of the molecule is CCCn1ccnc1C(N)c1coc2ccccc12. The Morgan fingerprint density at radius 1 is 1.37 bits per heavy atom. The van der Waals surface area contributed by atoms with Gasteiger partial charge in [0.05, 0.1) is 12.3 Å². The number of rotatable bonds is 4. The van der Waals surface area contributed by atoms with Gasteiger partial charge in [0.1, 0.15) is 11.4 Å². The Balaban J connectivity index is 2.03. The summed E-state index contributed by atoms with van der Waals surface area (Å²) in [6.45, 7) is 3.07. The Hall–Kier alpha value is -2.07. The van der Waals surface area contributed by atoms with E-state index in [1.807, 2.05) is 30.5 Å². The molecule has 19 heavy (non-hydrogen) atoms. The molecule has 0 aliphatic heterocycles. The summed E-state index contributed by atoms with van der Waals surface area (Å²) in [5.41, 5.74) is 8.21. The normalized spacial score (nSPS) is 12.9. The van der Waals surface area contributed by atoms with Crippen LogP contribution in [0.5, 0.6) is 0 Å². The lowest BCUT2D eigenvalue weighted by Crippen LogP contribution is -2.17. The third-order valence-electron chi connectivity index (χ3n) is 3.34. The van der Waals surface area contributed by atoms with E-state index in [2.05, 4.69) is 16.5 Å². The van der Waals surface area contributed by atoms with Gasteiger partial charge in [-0.2, -0.15) is 0 Å². The molecular weight excluding hydrogens is 238 g/mol. The van der Waals surface area contributed by atoms with Crippen molar-refractivity contribution in [1.82, 2.24) is 9.55 Å². The number of fused-ring (bicyclic) bond motifs is 1. The van der Waals surface area contributed by atoms with E-state index in [1.165, 1.54) is 0 Å². The maximum Gasteiger partial charge on any atom is 0.134 e. The van der Waals surface area contributed by atoms with Crippen LogP contribution in [0.3, 0.4) is 0 Å². The first kappa shape index (κ1) is 12.0. The number of aryl methyl sites for hydroxylation is 1. The molecule has 3 aromatic rings. The number of benzene rings is 1. The van der Waals surface area contributed by atoms with E-state index in [9.17, 15) is 0 Å². The second-order valence-electron chi connectivity index (χ2n) is 4.64. The second-order valence-corrected chi connectivity index (χ2v) is 4.64. The van der Waals surface area contributed by atoms with Gasteiger partial charge in [0.2, 0.25) is 0 Å². The van der Waals surface area contributed by atoms with Gasteiger partial charge in [0.15, 0.2) is 0 Å². The highest BCUT2D eigenvalue weighted by molar-refractivity contribution is 5.81. The number of aromatic nitrogens is 2. The molecule has 0 bridgehead atoms. The number of para-hydroxylation sites is 1. The van der Waals surface area contributed by atoms with Crippen molar-refractivity contribution in [2.45, 2.75) is 25.9 Å². The van der Waals surface area contributed by atoms with Gasteiger partial charge in [-0.3, -0.25) is 0 Å². The minimum atomic E-state index is -0.259. The lowest BCUT2D eigenvalue weighted by molar-refractivity contribution is 0.589. The predicted octanol–water partition coefficient (Wildman–Crippen LogP) is 3.09. The summed E-state index contributed by atoms with van der Waals surface area (Å²) >= 11 is 0. The van der Waals surface area contributed by atoms with Gasteiger partial charge in [-0.25, -0.2) is 4.98 Å². The van der Waals surface area contributed by atoms with Crippen LogP contribution in [-0.2, 0) is 6.54 Å². The molecule has 4 nitrogen and oxygen atoms in total. The van der Waals surface area contributed by atoms with Gasteiger partial charge < -0.3 is 14.7 Å². The van der Waals surface area contributed by atoms with Crippen LogP contribution in [0.1, 0.15) is 30.8 Å². The molecule has 2 aromatic heterocycles. The molecule has 2 N–H and O–H groups in total. The molecule has 1 aromatic carbocycles. The van der Waals surface area contributed by atoms with E-state index < -0.39 is 0 Å². The fourth-order valence-corrected chi connectivity index (χ4v) is 2.41.